The topological polar surface area (TPSA) is 24.9 Å². The number of rotatable bonds is 4. The summed E-state index contributed by atoms with van der Waals surface area (Å²) in [6.45, 7) is 4.25. The van der Waals surface area contributed by atoms with Gasteiger partial charge in [0.15, 0.2) is 5.15 Å². The smallest absolute Gasteiger partial charge is 0.152 e. The van der Waals surface area contributed by atoms with Crippen LogP contribution in [0.25, 0.3) is 0 Å². The Balaban J connectivity index is 1.93. The van der Waals surface area contributed by atoms with E-state index in [9.17, 15) is 0 Å². The van der Waals surface area contributed by atoms with Gasteiger partial charge in [0.1, 0.15) is 0 Å². The summed E-state index contributed by atoms with van der Waals surface area (Å²) in [7, 11) is 0. The molecule has 1 aliphatic rings. The summed E-state index contributed by atoms with van der Waals surface area (Å²) in [4.78, 5) is 4.15. The Kier molecular flexibility index (Phi) is 3.70. The highest BCUT2D eigenvalue weighted by Gasteiger charge is 2.20. The lowest BCUT2D eigenvalue weighted by molar-refractivity contribution is 0.286. The summed E-state index contributed by atoms with van der Waals surface area (Å²) in [6, 6.07) is 2.54. The van der Waals surface area contributed by atoms with Crippen molar-refractivity contribution in [2.45, 2.75) is 45.6 Å². The maximum Gasteiger partial charge on any atom is 0.152 e. The SMILES string of the molecule is Cc1cnc(Cl)c(NC(C)CC2CCC2)c1. The normalized spacial score (nSPS) is 17.9. The Hall–Kier alpha value is -0.760. The Morgan fingerprint density at radius 2 is 2.31 bits per heavy atom. The van der Waals surface area contributed by atoms with Crippen LogP contribution in [-0.4, -0.2) is 11.0 Å². The summed E-state index contributed by atoms with van der Waals surface area (Å²) >= 11 is 6.05. The molecule has 88 valence electrons. The van der Waals surface area contributed by atoms with Gasteiger partial charge < -0.3 is 5.32 Å². The van der Waals surface area contributed by atoms with E-state index in [0.717, 1.165) is 17.2 Å². The van der Waals surface area contributed by atoms with Gasteiger partial charge in [-0.05, 0) is 37.8 Å². The van der Waals surface area contributed by atoms with E-state index < -0.39 is 0 Å². The van der Waals surface area contributed by atoms with Crippen molar-refractivity contribution in [1.29, 1.82) is 0 Å². The second-order valence-electron chi connectivity index (χ2n) is 4.93. The van der Waals surface area contributed by atoms with Crippen molar-refractivity contribution in [3.05, 3.63) is 23.0 Å². The van der Waals surface area contributed by atoms with Crippen LogP contribution >= 0.6 is 11.6 Å². The number of nitrogens with one attached hydrogen (secondary N) is 1. The molecule has 1 unspecified atom stereocenters. The van der Waals surface area contributed by atoms with Crippen molar-refractivity contribution >= 4 is 17.3 Å². The second kappa shape index (κ2) is 5.05. The monoisotopic (exact) mass is 238 g/mol. The molecule has 0 aliphatic heterocycles. The third-order valence-electron chi connectivity index (χ3n) is 3.29. The number of aryl methyl sites for hydroxylation is 1. The van der Waals surface area contributed by atoms with E-state index in [4.69, 9.17) is 11.6 Å². The summed E-state index contributed by atoms with van der Waals surface area (Å²) in [6.07, 6.45) is 7.23. The van der Waals surface area contributed by atoms with E-state index >= 15 is 0 Å². The fourth-order valence-corrected chi connectivity index (χ4v) is 2.36. The molecule has 2 nitrogen and oxygen atoms in total. The van der Waals surface area contributed by atoms with Crippen LogP contribution < -0.4 is 5.32 Å². The molecule has 1 N–H and O–H groups in total. The van der Waals surface area contributed by atoms with Crippen molar-refractivity contribution in [3.63, 3.8) is 0 Å². The van der Waals surface area contributed by atoms with Gasteiger partial charge in [-0.2, -0.15) is 0 Å². The van der Waals surface area contributed by atoms with E-state index in [1.807, 2.05) is 6.92 Å². The second-order valence-corrected chi connectivity index (χ2v) is 5.29. The maximum absolute atomic E-state index is 6.05. The summed E-state index contributed by atoms with van der Waals surface area (Å²) < 4.78 is 0. The third kappa shape index (κ3) is 2.88. The zero-order valence-electron chi connectivity index (χ0n) is 9.96. The first-order valence-electron chi connectivity index (χ1n) is 6.04. The molecule has 1 heterocycles. The average Bonchev–Trinajstić information content (AvgIpc) is 2.18. The first-order valence-corrected chi connectivity index (χ1v) is 6.41. The summed E-state index contributed by atoms with van der Waals surface area (Å²) in [5.41, 5.74) is 2.11. The van der Waals surface area contributed by atoms with Gasteiger partial charge in [-0.1, -0.05) is 30.9 Å². The number of pyridine rings is 1. The molecule has 0 bridgehead atoms. The van der Waals surface area contributed by atoms with Crippen LogP contribution in [0.3, 0.4) is 0 Å². The molecule has 1 fully saturated rings. The standard InChI is InChI=1S/C13H19ClN2/c1-9-6-12(13(14)15-8-9)16-10(2)7-11-4-3-5-11/h6,8,10-11,16H,3-5,7H2,1-2H3. The molecule has 1 aliphatic carbocycles. The molecule has 0 saturated heterocycles. The van der Waals surface area contributed by atoms with Crippen LogP contribution in [0.15, 0.2) is 12.3 Å². The van der Waals surface area contributed by atoms with Crippen LogP contribution in [0, 0.1) is 12.8 Å². The molecule has 0 radical (unpaired) electrons. The molecular weight excluding hydrogens is 220 g/mol. The summed E-state index contributed by atoms with van der Waals surface area (Å²) in [5.74, 6) is 0.916. The Morgan fingerprint density at radius 3 is 2.94 bits per heavy atom. The summed E-state index contributed by atoms with van der Waals surface area (Å²) in [5, 5.41) is 4.03. The lowest BCUT2D eigenvalue weighted by atomic mass is 9.81. The van der Waals surface area contributed by atoms with Gasteiger partial charge in [-0.15, -0.1) is 0 Å². The van der Waals surface area contributed by atoms with Gasteiger partial charge in [0.2, 0.25) is 0 Å². The van der Waals surface area contributed by atoms with Gasteiger partial charge in [-0.25, -0.2) is 4.98 Å². The molecule has 1 atom stereocenters. The Morgan fingerprint density at radius 1 is 1.56 bits per heavy atom. The van der Waals surface area contributed by atoms with E-state index in [1.54, 1.807) is 6.20 Å². The van der Waals surface area contributed by atoms with Crippen LogP contribution in [0.5, 0.6) is 0 Å². The van der Waals surface area contributed by atoms with Gasteiger partial charge in [-0.3, -0.25) is 0 Å². The van der Waals surface area contributed by atoms with Crippen molar-refractivity contribution in [2.24, 2.45) is 5.92 Å². The molecule has 2 rings (SSSR count). The van der Waals surface area contributed by atoms with E-state index in [1.165, 1.54) is 25.7 Å². The zero-order valence-corrected chi connectivity index (χ0v) is 10.7. The van der Waals surface area contributed by atoms with Crippen molar-refractivity contribution in [1.82, 2.24) is 4.98 Å². The molecule has 3 heteroatoms. The minimum Gasteiger partial charge on any atom is -0.380 e. The van der Waals surface area contributed by atoms with Gasteiger partial charge in [0.05, 0.1) is 5.69 Å². The maximum atomic E-state index is 6.05. The number of anilines is 1. The number of aromatic nitrogens is 1. The molecule has 0 aromatic carbocycles. The number of halogens is 1. The molecule has 0 amide bonds. The molecule has 16 heavy (non-hydrogen) atoms. The van der Waals surface area contributed by atoms with Crippen LogP contribution in [0.4, 0.5) is 5.69 Å². The minimum atomic E-state index is 0.478. The van der Waals surface area contributed by atoms with Crippen molar-refractivity contribution < 1.29 is 0 Å². The predicted octanol–water partition coefficient (Wildman–Crippen LogP) is 4.03. The first kappa shape index (κ1) is 11.7. The fraction of sp³-hybridized carbons (Fsp3) is 0.615. The largest absolute Gasteiger partial charge is 0.380 e. The first-order chi connectivity index (χ1) is 7.65. The highest BCUT2D eigenvalue weighted by atomic mass is 35.5. The fourth-order valence-electron chi connectivity index (χ4n) is 2.21. The third-order valence-corrected chi connectivity index (χ3v) is 3.59. The molecule has 1 aromatic rings. The lowest BCUT2D eigenvalue weighted by Gasteiger charge is -2.29. The van der Waals surface area contributed by atoms with Crippen molar-refractivity contribution in [2.75, 3.05) is 5.32 Å². The van der Waals surface area contributed by atoms with Crippen LogP contribution in [-0.2, 0) is 0 Å². The van der Waals surface area contributed by atoms with Crippen LogP contribution in [0.2, 0.25) is 5.15 Å². The highest BCUT2D eigenvalue weighted by Crippen LogP contribution is 2.31. The van der Waals surface area contributed by atoms with Crippen molar-refractivity contribution in [3.8, 4) is 0 Å². The number of hydrogen-bond acceptors (Lipinski definition) is 2. The lowest BCUT2D eigenvalue weighted by Crippen LogP contribution is -2.23. The van der Waals surface area contributed by atoms with Gasteiger partial charge >= 0.3 is 0 Å². The predicted molar refractivity (Wildman–Crippen MR) is 69.0 cm³/mol. The van der Waals surface area contributed by atoms with E-state index in [2.05, 4.69) is 23.3 Å². The molecule has 1 aromatic heterocycles. The van der Waals surface area contributed by atoms with E-state index in [0.29, 0.717) is 11.2 Å². The van der Waals surface area contributed by atoms with Crippen LogP contribution in [0.1, 0.15) is 38.2 Å². The minimum absolute atomic E-state index is 0.478. The van der Waals surface area contributed by atoms with Gasteiger partial charge in [0, 0.05) is 12.2 Å². The number of hydrogen-bond donors (Lipinski definition) is 1. The van der Waals surface area contributed by atoms with E-state index in [-0.39, 0.29) is 0 Å². The zero-order chi connectivity index (χ0) is 11.5. The Labute approximate surface area is 102 Å². The molecular formula is C13H19ClN2. The quantitative estimate of drug-likeness (QED) is 0.801. The van der Waals surface area contributed by atoms with Gasteiger partial charge in [0.25, 0.3) is 0 Å². The molecule has 0 spiro atoms. The number of nitrogens with zero attached hydrogens (tertiary/aromatic N) is 1. The highest BCUT2D eigenvalue weighted by molar-refractivity contribution is 6.31. The molecule has 1 saturated carbocycles. The average molecular weight is 239 g/mol. The Bertz CT molecular complexity index is 361.